The van der Waals surface area contributed by atoms with Crippen LogP contribution in [0.15, 0.2) is 0 Å². The smallest absolute Gasteiger partial charge is 0.270 e. The van der Waals surface area contributed by atoms with E-state index in [0.717, 1.165) is 0 Å². The largest absolute Gasteiger partial charge is 0.272 e. The Bertz CT molecular complexity index is 186. The van der Waals surface area contributed by atoms with Gasteiger partial charge in [0, 0.05) is 0 Å². The Labute approximate surface area is 52.9 Å². The van der Waals surface area contributed by atoms with E-state index in [1.165, 1.54) is 0 Å². The first-order chi connectivity index (χ1) is 4.17. The molecule has 0 aromatic rings. The molecule has 1 heterocycles. The van der Waals surface area contributed by atoms with Gasteiger partial charge in [-0.1, -0.05) is 0 Å². The van der Waals surface area contributed by atoms with Gasteiger partial charge in [-0.2, -0.15) is 8.42 Å². The van der Waals surface area contributed by atoms with Crippen LogP contribution in [0.4, 0.5) is 4.39 Å². The minimum atomic E-state index is -3.51. The van der Waals surface area contributed by atoms with Gasteiger partial charge in [0.25, 0.3) is 10.1 Å². The third kappa shape index (κ3) is 1.21. The predicted molar refractivity (Wildman–Crippen MR) is 29.3 cm³/mol. The summed E-state index contributed by atoms with van der Waals surface area (Å²) in [6.45, 7) is -0.695. The summed E-state index contributed by atoms with van der Waals surface area (Å²) in [6.07, 6.45) is 0.291. The minimum Gasteiger partial charge on any atom is -0.270 e. The van der Waals surface area contributed by atoms with Crippen molar-refractivity contribution in [3.63, 3.8) is 0 Å². The molecule has 5 heteroatoms. The van der Waals surface area contributed by atoms with Crippen LogP contribution in [0, 0.1) is 0 Å². The van der Waals surface area contributed by atoms with Crippen LogP contribution in [0.3, 0.4) is 0 Å². The lowest BCUT2D eigenvalue weighted by atomic mass is 10.3. The molecule has 1 atom stereocenters. The monoisotopic (exact) mass is 154 g/mol. The molecule has 1 rings (SSSR count). The quantitative estimate of drug-likeness (QED) is 0.502. The third-order valence-corrected chi connectivity index (χ3v) is 2.94. The average Bonchev–Trinajstić information content (AvgIpc) is 2.08. The molecule has 9 heavy (non-hydrogen) atoms. The zero-order valence-corrected chi connectivity index (χ0v) is 5.53. The standard InChI is InChI=1S/C4H7FO3S/c5-3-4-1-2-8-9(4,6)7/h4H,1-3H2. The van der Waals surface area contributed by atoms with Crippen molar-refractivity contribution in [1.29, 1.82) is 0 Å². The second-order valence-electron chi connectivity index (χ2n) is 1.88. The van der Waals surface area contributed by atoms with E-state index in [4.69, 9.17) is 0 Å². The summed E-state index contributed by atoms with van der Waals surface area (Å²) in [5, 5.41) is -0.905. The van der Waals surface area contributed by atoms with Gasteiger partial charge < -0.3 is 0 Å². The van der Waals surface area contributed by atoms with Crippen molar-refractivity contribution >= 4 is 10.1 Å². The molecule has 0 amide bonds. The van der Waals surface area contributed by atoms with Crippen LogP contribution < -0.4 is 0 Å². The number of hydrogen-bond donors (Lipinski definition) is 0. The van der Waals surface area contributed by atoms with Crippen LogP contribution in [0.5, 0.6) is 0 Å². The molecule has 3 nitrogen and oxygen atoms in total. The number of halogens is 1. The maximum atomic E-state index is 11.7. The van der Waals surface area contributed by atoms with Crippen LogP contribution in [0.25, 0.3) is 0 Å². The summed E-state index contributed by atoms with van der Waals surface area (Å²) in [5.74, 6) is 0. The highest BCUT2D eigenvalue weighted by Gasteiger charge is 2.32. The molecule has 1 aliphatic heterocycles. The van der Waals surface area contributed by atoms with Crippen molar-refractivity contribution in [3.8, 4) is 0 Å². The molecular weight excluding hydrogens is 147 g/mol. The third-order valence-electron chi connectivity index (χ3n) is 1.27. The number of hydrogen-bond acceptors (Lipinski definition) is 3. The molecule has 0 N–H and O–H groups in total. The number of rotatable bonds is 1. The summed E-state index contributed by atoms with van der Waals surface area (Å²) >= 11 is 0. The van der Waals surface area contributed by atoms with Gasteiger partial charge in [-0.3, -0.25) is 4.18 Å². The summed E-state index contributed by atoms with van der Waals surface area (Å²) in [6, 6.07) is 0. The Kier molecular flexibility index (Phi) is 1.72. The minimum absolute atomic E-state index is 0.136. The first kappa shape index (κ1) is 6.95. The molecule has 0 spiro atoms. The van der Waals surface area contributed by atoms with E-state index >= 15 is 0 Å². The molecule has 54 valence electrons. The van der Waals surface area contributed by atoms with Crippen molar-refractivity contribution in [3.05, 3.63) is 0 Å². The Morgan fingerprint density at radius 2 is 2.33 bits per heavy atom. The van der Waals surface area contributed by atoms with Crippen molar-refractivity contribution in [2.75, 3.05) is 13.3 Å². The van der Waals surface area contributed by atoms with Gasteiger partial charge in [0.05, 0.1) is 6.61 Å². The molecular formula is C4H7FO3S. The second kappa shape index (κ2) is 2.22. The predicted octanol–water partition coefficient (Wildman–Crippen LogP) is 0.0746. The molecule has 0 bridgehead atoms. The highest BCUT2D eigenvalue weighted by atomic mass is 32.2. The topological polar surface area (TPSA) is 43.4 Å². The molecule has 1 unspecified atom stereocenters. The molecule has 1 fully saturated rings. The fraction of sp³-hybridized carbons (Fsp3) is 1.00. The summed E-state index contributed by atoms with van der Waals surface area (Å²) in [5.41, 5.74) is 0. The lowest BCUT2D eigenvalue weighted by Crippen LogP contribution is -2.16. The Morgan fingerprint density at radius 1 is 1.67 bits per heavy atom. The van der Waals surface area contributed by atoms with Crippen LogP contribution in [0.2, 0.25) is 0 Å². The van der Waals surface area contributed by atoms with Crippen LogP contribution in [-0.4, -0.2) is 26.9 Å². The van der Waals surface area contributed by atoms with Crippen molar-refractivity contribution in [1.82, 2.24) is 0 Å². The van der Waals surface area contributed by atoms with E-state index in [1.54, 1.807) is 0 Å². The highest BCUT2D eigenvalue weighted by molar-refractivity contribution is 7.87. The van der Waals surface area contributed by atoms with E-state index in [9.17, 15) is 12.8 Å². The molecule has 0 saturated carbocycles. The molecule has 1 saturated heterocycles. The van der Waals surface area contributed by atoms with Crippen LogP contribution >= 0.6 is 0 Å². The molecule has 0 aromatic heterocycles. The van der Waals surface area contributed by atoms with Gasteiger partial charge in [0.15, 0.2) is 0 Å². The molecule has 0 aromatic carbocycles. The van der Waals surface area contributed by atoms with Crippen molar-refractivity contribution in [2.45, 2.75) is 11.7 Å². The summed E-state index contributed by atoms with van der Waals surface area (Å²) in [4.78, 5) is 0. The van der Waals surface area contributed by atoms with Crippen molar-refractivity contribution in [2.24, 2.45) is 0 Å². The fourth-order valence-electron chi connectivity index (χ4n) is 0.691. The highest BCUT2D eigenvalue weighted by Crippen LogP contribution is 2.17. The van der Waals surface area contributed by atoms with E-state index in [2.05, 4.69) is 4.18 Å². The van der Waals surface area contributed by atoms with Gasteiger partial charge in [0.1, 0.15) is 11.9 Å². The molecule has 0 radical (unpaired) electrons. The maximum Gasteiger partial charge on any atom is 0.272 e. The Morgan fingerprint density at radius 3 is 2.56 bits per heavy atom. The van der Waals surface area contributed by atoms with Gasteiger partial charge in [-0.25, -0.2) is 4.39 Å². The zero-order chi connectivity index (χ0) is 6.91. The Hall–Kier alpha value is -0.160. The van der Waals surface area contributed by atoms with Crippen LogP contribution in [0.1, 0.15) is 6.42 Å². The molecule has 0 aliphatic carbocycles. The maximum absolute atomic E-state index is 11.7. The van der Waals surface area contributed by atoms with Gasteiger partial charge in [-0.15, -0.1) is 0 Å². The van der Waals surface area contributed by atoms with Gasteiger partial charge >= 0.3 is 0 Å². The zero-order valence-electron chi connectivity index (χ0n) is 4.71. The average molecular weight is 154 g/mol. The normalized spacial score (nSPS) is 32.8. The lowest BCUT2D eigenvalue weighted by Gasteiger charge is -1.97. The first-order valence-electron chi connectivity index (χ1n) is 2.61. The lowest BCUT2D eigenvalue weighted by molar-refractivity contribution is 0.354. The number of alkyl halides is 1. The van der Waals surface area contributed by atoms with Gasteiger partial charge in [-0.05, 0) is 6.42 Å². The summed E-state index contributed by atoms with van der Waals surface area (Å²) < 4.78 is 37.1. The van der Waals surface area contributed by atoms with Crippen LogP contribution in [-0.2, 0) is 14.3 Å². The fourth-order valence-corrected chi connectivity index (χ4v) is 1.75. The van der Waals surface area contributed by atoms with E-state index in [1.807, 2.05) is 0 Å². The first-order valence-corrected chi connectivity index (χ1v) is 4.08. The molecule has 1 aliphatic rings. The SMILES string of the molecule is O=S1(=O)OCCC1CF. The second-order valence-corrected chi connectivity index (χ2v) is 3.77. The van der Waals surface area contributed by atoms with E-state index in [-0.39, 0.29) is 6.61 Å². The van der Waals surface area contributed by atoms with E-state index in [0.29, 0.717) is 6.42 Å². The van der Waals surface area contributed by atoms with Gasteiger partial charge in [0.2, 0.25) is 0 Å². The Balaban J connectivity index is 2.75. The summed E-state index contributed by atoms with van der Waals surface area (Å²) in [7, 11) is -3.51. The van der Waals surface area contributed by atoms with E-state index < -0.39 is 22.0 Å². The van der Waals surface area contributed by atoms with Crippen molar-refractivity contribution < 1.29 is 17.0 Å².